The van der Waals surface area contributed by atoms with Crippen LogP contribution in [0.1, 0.15) is 22.6 Å². The zero-order valence-corrected chi connectivity index (χ0v) is 14.4. The molecule has 0 unspecified atom stereocenters. The van der Waals surface area contributed by atoms with Crippen LogP contribution in [0.4, 0.5) is 10.5 Å². The number of nitrogens with one attached hydrogen (secondary N) is 2. The van der Waals surface area contributed by atoms with E-state index in [4.69, 9.17) is 4.74 Å². The molecule has 0 aromatic heterocycles. The van der Waals surface area contributed by atoms with Gasteiger partial charge in [-0.05, 0) is 34.4 Å². The highest BCUT2D eigenvalue weighted by atomic mass is 16.6. The Balaban J connectivity index is 1.43. The van der Waals surface area contributed by atoms with Gasteiger partial charge in [0.2, 0.25) is 6.29 Å². The molecule has 5 heteroatoms. The average Bonchev–Trinajstić information content (AvgIpc) is 3.05. The number of carbonyl (C=O) groups excluding carboxylic acids is 2. The Bertz CT molecular complexity index is 955. The molecule has 0 bridgehead atoms. The number of hydrogen-bond donors (Lipinski definition) is 2. The van der Waals surface area contributed by atoms with Gasteiger partial charge in [-0.25, -0.2) is 10.2 Å². The van der Waals surface area contributed by atoms with E-state index in [1.165, 1.54) is 11.1 Å². The van der Waals surface area contributed by atoms with Gasteiger partial charge in [0.15, 0.2) is 0 Å². The Kier molecular flexibility index (Phi) is 4.58. The van der Waals surface area contributed by atoms with Crippen molar-refractivity contribution in [3.05, 3.63) is 89.5 Å². The van der Waals surface area contributed by atoms with Gasteiger partial charge in [-0.3, -0.25) is 10.2 Å². The molecule has 1 aliphatic rings. The molecule has 0 saturated heterocycles. The number of carbonyl (C=O) groups is 1. The van der Waals surface area contributed by atoms with Gasteiger partial charge < -0.3 is 4.74 Å². The number of benzene rings is 3. The highest BCUT2D eigenvalue weighted by Gasteiger charge is 2.28. The first-order chi connectivity index (χ1) is 13.3. The Hall–Kier alpha value is -3.60. The lowest BCUT2D eigenvalue weighted by Crippen LogP contribution is -2.31. The second-order valence-corrected chi connectivity index (χ2v) is 6.22. The number of hydrazine groups is 1. The first-order valence-corrected chi connectivity index (χ1v) is 8.62. The van der Waals surface area contributed by atoms with Crippen LogP contribution >= 0.6 is 0 Å². The summed E-state index contributed by atoms with van der Waals surface area (Å²) in [6, 6.07) is 23.1. The molecule has 2 N–H and O–H groups in total. The SMILES string of the molecule is O=[C]c1ccccc1NNC(=O)OCC1c2ccccc2-c2ccccc21. The van der Waals surface area contributed by atoms with Crippen molar-refractivity contribution < 1.29 is 14.3 Å². The molecule has 0 spiro atoms. The maximum atomic E-state index is 12.1. The van der Waals surface area contributed by atoms with E-state index in [1.54, 1.807) is 24.3 Å². The van der Waals surface area contributed by atoms with Crippen LogP contribution in [-0.2, 0) is 9.53 Å². The van der Waals surface area contributed by atoms with Crippen LogP contribution in [0.3, 0.4) is 0 Å². The zero-order valence-electron chi connectivity index (χ0n) is 14.4. The van der Waals surface area contributed by atoms with Crippen molar-refractivity contribution in [1.29, 1.82) is 0 Å². The van der Waals surface area contributed by atoms with Crippen LogP contribution in [0.2, 0.25) is 0 Å². The number of rotatable bonds is 5. The minimum atomic E-state index is -0.613. The van der Waals surface area contributed by atoms with Crippen molar-refractivity contribution in [3.63, 3.8) is 0 Å². The molecule has 3 aromatic rings. The van der Waals surface area contributed by atoms with Gasteiger partial charge in [-0.1, -0.05) is 60.7 Å². The van der Waals surface area contributed by atoms with Crippen LogP contribution < -0.4 is 10.9 Å². The monoisotopic (exact) mass is 357 g/mol. The smallest absolute Gasteiger partial charge is 0.425 e. The predicted octanol–water partition coefficient (Wildman–Crippen LogP) is 4.01. The van der Waals surface area contributed by atoms with Gasteiger partial charge in [0.1, 0.15) is 6.61 Å². The van der Waals surface area contributed by atoms with E-state index in [-0.39, 0.29) is 12.5 Å². The van der Waals surface area contributed by atoms with Crippen molar-refractivity contribution in [2.75, 3.05) is 12.0 Å². The van der Waals surface area contributed by atoms with Gasteiger partial charge >= 0.3 is 6.09 Å². The molecule has 3 aromatic carbocycles. The lowest BCUT2D eigenvalue weighted by Gasteiger charge is -2.15. The largest absolute Gasteiger partial charge is 0.447 e. The first-order valence-electron chi connectivity index (χ1n) is 8.62. The molecule has 4 rings (SSSR count). The summed E-state index contributed by atoms with van der Waals surface area (Å²) in [6.07, 6.45) is 1.20. The topological polar surface area (TPSA) is 67.4 Å². The summed E-state index contributed by atoms with van der Waals surface area (Å²) in [5, 5.41) is 0. The molecule has 27 heavy (non-hydrogen) atoms. The van der Waals surface area contributed by atoms with Crippen molar-refractivity contribution in [3.8, 4) is 11.1 Å². The van der Waals surface area contributed by atoms with Gasteiger partial charge in [0.05, 0.1) is 11.3 Å². The number of ether oxygens (including phenoxy) is 1. The molecule has 0 aliphatic heterocycles. The number of fused-ring (bicyclic) bond motifs is 3. The molecule has 5 nitrogen and oxygen atoms in total. The molecule has 0 saturated carbocycles. The van der Waals surface area contributed by atoms with Gasteiger partial charge in [-0.2, -0.15) is 0 Å². The number of para-hydroxylation sites is 1. The van der Waals surface area contributed by atoms with Crippen LogP contribution in [0, 0.1) is 0 Å². The van der Waals surface area contributed by atoms with Crippen LogP contribution in [0.5, 0.6) is 0 Å². The summed E-state index contributed by atoms with van der Waals surface area (Å²) in [5.74, 6) is -0.00116. The summed E-state index contributed by atoms with van der Waals surface area (Å²) in [6.45, 7) is 0.225. The third kappa shape index (κ3) is 3.27. The Morgan fingerprint density at radius 2 is 1.48 bits per heavy atom. The van der Waals surface area contributed by atoms with Gasteiger partial charge in [-0.15, -0.1) is 0 Å². The van der Waals surface area contributed by atoms with Gasteiger partial charge in [0, 0.05) is 5.92 Å². The average molecular weight is 357 g/mol. The second-order valence-electron chi connectivity index (χ2n) is 6.22. The second kappa shape index (κ2) is 7.33. The standard InChI is InChI=1S/C22H17N2O3/c25-13-15-7-1-6-12-21(15)23-24-22(26)27-14-20-18-10-4-2-8-16(18)17-9-3-5-11-19(17)20/h1-12,20,23H,14H2,(H,24,26). The predicted molar refractivity (Wildman–Crippen MR) is 103 cm³/mol. The normalized spacial score (nSPS) is 12.0. The maximum Gasteiger partial charge on any atom is 0.425 e. The van der Waals surface area contributed by atoms with E-state index < -0.39 is 6.09 Å². The first kappa shape index (κ1) is 16.8. The molecule has 0 heterocycles. The molecule has 1 aliphatic carbocycles. The zero-order chi connectivity index (χ0) is 18.6. The molecular formula is C22H17N2O3. The summed E-state index contributed by atoms with van der Waals surface area (Å²) in [7, 11) is 0. The minimum absolute atomic E-state index is 0.00116. The molecule has 0 fully saturated rings. The summed E-state index contributed by atoms with van der Waals surface area (Å²) >= 11 is 0. The highest BCUT2D eigenvalue weighted by Crippen LogP contribution is 2.44. The van der Waals surface area contributed by atoms with Crippen LogP contribution in [0.25, 0.3) is 11.1 Å². The Morgan fingerprint density at radius 3 is 2.15 bits per heavy atom. The van der Waals surface area contributed by atoms with E-state index in [9.17, 15) is 9.59 Å². The molecular weight excluding hydrogens is 340 g/mol. The van der Waals surface area contributed by atoms with Crippen molar-refractivity contribution in [2.24, 2.45) is 0 Å². The molecule has 0 atom stereocenters. The molecule has 133 valence electrons. The summed E-state index contributed by atoms with van der Waals surface area (Å²) < 4.78 is 5.42. The van der Waals surface area contributed by atoms with E-state index in [1.807, 2.05) is 30.6 Å². The van der Waals surface area contributed by atoms with Crippen molar-refractivity contribution in [2.45, 2.75) is 5.92 Å². The lowest BCUT2D eigenvalue weighted by atomic mass is 9.98. The number of hydrogen-bond acceptors (Lipinski definition) is 4. The van der Waals surface area contributed by atoms with Gasteiger partial charge in [0.25, 0.3) is 0 Å². The fourth-order valence-electron chi connectivity index (χ4n) is 3.43. The quantitative estimate of drug-likeness (QED) is 0.677. The van der Waals surface area contributed by atoms with E-state index in [0.29, 0.717) is 11.3 Å². The maximum absolute atomic E-state index is 12.1. The van der Waals surface area contributed by atoms with E-state index in [0.717, 1.165) is 11.1 Å². The van der Waals surface area contributed by atoms with Crippen molar-refractivity contribution >= 4 is 18.1 Å². The van der Waals surface area contributed by atoms with E-state index >= 15 is 0 Å². The fraction of sp³-hybridized carbons (Fsp3) is 0.0909. The summed E-state index contributed by atoms with van der Waals surface area (Å²) in [4.78, 5) is 23.0. The fourth-order valence-corrected chi connectivity index (χ4v) is 3.43. The Morgan fingerprint density at radius 1 is 0.889 bits per heavy atom. The summed E-state index contributed by atoms with van der Waals surface area (Å²) in [5.41, 5.74) is 10.6. The highest BCUT2D eigenvalue weighted by molar-refractivity contribution is 5.85. The van der Waals surface area contributed by atoms with E-state index in [2.05, 4.69) is 35.1 Å². The van der Waals surface area contributed by atoms with Crippen LogP contribution in [-0.4, -0.2) is 19.0 Å². The minimum Gasteiger partial charge on any atom is -0.447 e. The third-order valence-electron chi connectivity index (χ3n) is 4.68. The lowest BCUT2D eigenvalue weighted by molar-refractivity contribution is 0.145. The van der Waals surface area contributed by atoms with Crippen LogP contribution in [0.15, 0.2) is 72.8 Å². The number of anilines is 1. The number of amides is 1. The van der Waals surface area contributed by atoms with Crippen molar-refractivity contribution in [1.82, 2.24) is 5.43 Å². The molecule has 1 amide bonds. The third-order valence-corrected chi connectivity index (χ3v) is 4.68. The molecule has 1 radical (unpaired) electrons. The Labute approximate surface area is 157 Å².